The molecule has 21 heavy (non-hydrogen) atoms. The predicted octanol–water partition coefficient (Wildman–Crippen LogP) is 3.09. The minimum Gasteiger partial charge on any atom is -0.398 e. The van der Waals surface area contributed by atoms with Crippen LogP contribution >= 0.6 is 11.6 Å². The Morgan fingerprint density at radius 1 is 1.33 bits per heavy atom. The fraction of sp³-hybridized carbons (Fsp3) is 0.333. The summed E-state index contributed by atoms with van der Waals surface area (Å²) in [6, 6.07) is 4.77. The van der Waals surface area contributed by atoms with Crippen LogP contribution in [0, 0.1) is 0 Å². The molecule has 5 nitrogen and oxygen atoms in total. The molecule has 0 unspecified atom stereocenters. The molecule has 0 saturated carbocycles. The number of nitrogens with two attached hydrogens (primary N) is 1. The van der Waals surface area contributed by atoms with Crippen molar-refractivity contribution in [3.05, 3.63) is 29.0 Å². The smallest absolute Gasteiger partial charge is 0.398 e. The topological polar surface area (TPSA) is 74.2 Å². The van der Waals surface area contributed by atoms with E-state index < -0.39 is 12.8 Å². The van der Waals surface area contributed by atoms with Gasteiger partial charge in [-0.15, -0.1) is 0 Å². The highest BCUT2D eigenvalue weighted by Crippen LogP contribution is 2.27. The monoisotopic (exact) mass is 321 g/mol. The number of alkyl halides is 3. The Labute approximate surface area is 122 Å². The zero-order chi connectivity index (χ0) is 15.5. The maximum absolute atomic E-state index is 11.9. The molecule has 0 aliphatic heterocycles. The molecule has 2 aromatic rings. The molecular formula is C12H11ClF3N3O2. The van der Waals surface area contributed by atoms with Crippen molar-refractivity contribution in [2.24, 2.45) is 0 Å². The number of benzene rings is 1. The molecule has 2 N–H and O–H groups in total. The average molecular weight is 322 g/mol. The Hall–Kier alpha value is -1.80. The summed E-state index contributed by atoms with van der Waals surface area (Å²) in [5.41, 5.74) is 6.65. The number of halogens is 4. The van der Waals surface area contributed by atoms with Gasteiger partial charge in [0.2, 0.25) is 0 Å². The number of aromatic nitrogens is 2. The Bertz CT molecular complexity index is 616. The zero-order valence-corrected chi connectivity index (χ0v) is 11.4. The van der Waals surface area contributed by atoms with Gasteiger partial charge in [-0.25, -0.2) is 0 Å². The number of rotatable bonds is 5. The lowest BCUT2D eigenvalue weighted by molar-refractivity contribution is -0.173. The lowest BCUT2D eigenvalue weighted by Crippen LogP contribution is -2.18. The van der Waals surface area contributed by atoms with Crippen molar-refractivity contribution >= 4 is 17.3 Å². The van der Waals surface area contributed by atoms with Gasteiger partial charge in [0.15, 0.2) is 5.82 Å². The molecule has 0 aliphatic rings. The third kappa shape index (κ3) is 4.61. The van der Waals surface area contributed by atoms with Gasteiger partial charge >= 0.3 is 6.18 Å². The molecule has 0 aliphatic carbocycles. The number of hydrogen-bond donors (Lipinski definition) is 1. The summed E-state index contributed by atoms with van der Waals surface area (Å²) in [6.45, 7) is -1.46. The highest BCUT2D eigenvalue weighted by atomic mass is 35.5. The molecule has 0 bridgehead atoms. The van der Waals surface area contributed by atoms with Crippen LogP contribution in [0.3, 0.4) is 0 Å². The van der Waals surface area contributed by atoms with Crippen molar-refractivity contribution in [1.82, 2.24) is 10.1 Å². The van der Waals surface area contributed by atoms with Crippen molar-refractivity contribution in [2.75, 3.05) is 18.9 Å². The molecule has 9 heteroatoms. The van der Waals surface area contributed by atoms with Crippen LogP contribution in [0.1, 0.15) is 5.82 Å². The molecule has 0 amide bonds. The Kier molecular flexibility index (Phi) is 4.69. The molecule has 1 heterocycles. The second kappa shape index (κ2) is 6.31. The van der Waals surface area contributed by atoms with Crippen LogP contribution in [-0.4, -0.2) is 29.5 Å². The number of anilines is 1. The maximum atomic E-state index is 11.9. The van der Waals surface area contributed by atoms with Crippen molar-refractivity contribution in [3.63, 3.8) is 0 Å². The Balaban J connectivity index is 1.95. The Morgan fingerprint density at radius 3 is 2.76 bits per heavy atom. The van der Waals surface area contributed by atoms with Gasteiger partial charge in [-0.3, -0.25) is 0 Å². The van der Waals surface area contributed by atoms with Gasteiger partial charge in [0.1, 0.15) is 6.61 Å². The van der Waals surface area contributed by atoms with E-state index in [2.05, 4.69) is 14.9 Å². The molecule has 0 radical (unpaired) electrons. The Morgan fingerprint density at radius 2 is 2.10 bits per heavy atom. The highest BCUT2D eigenvalue weighted by Gasteiger charge is 2.27. The number of nitrogens with zero attached hydrogens (tertiary/aromatic N) is 2. The van der Waals surface area contributed by atoms with Crippen LogP contribution in [0.5, 0.6) is 0 Å². The molecule has 0 spiro atoms. The van der Waals surface area contributed by atoms with E-state index in [1.807, 2.05) is 0 Å². The first-order valence-corrected chi connectivity index (χ1v) is 6.25. The lowest BCUT2D eigenvalue weighted by atomic mass is 10.2. The fourth-order valence-corrected chi connectivity index (χ4v) is 1.73. The molecular weight excluding hydrogens is 311 g/mol. The van der Waals surface area contributed by atoms with Gasteiger partial charge in [0, 0.05) is 17.1 Å². The van der Waals surface area contributed by atoms with E-state index in [0.717, 1.165) is 0 Å². The summed E-state index contributed by atoms with van der Waals surface area (Å²) in [6.07, 6.45) is -4.24. The fourth-order valence-electron chi connectivity index (χ4n) is 1.54. The van der Waals surface area contributed by atoms with Gasteiger partial charge in [0.05, 0.1) is 12.2 Å². The van der Waals surface area contributed by atoms with Gasteiger partial charge in [0.25, 0.3) is 5.89 Å². The predicted molar refractivity (Wildman–Crippen MR) is 69.7 cm³/mol. The minimum absolute atomic E-state index is 0.104. The summed E-state index contributed by atoms with van der Waals surface area (Å²) in [5, 5.41) is 4.12. The molecule has 2 rings (SSSR count). The summed E-state index contributed by atoms with van der Waals surface area (Å²) >= 11 is 5.78. The van der Waals surface area contributed by atoms with Crippen LogP contribution in [-0.2, 0) is 11.2 Å². The van der Waals surface area contributed by atoms with Gasteiger partial charge in [-0.05, 0) is 18.2 Å². The standard InChI is InChI=1S/C12H11ClF3N3O2/c13-7-1-2-8(9(17)5-7)11-18-10(19-21-11)3-4-20-6-12(14,15)16/h1-2,5H,3-4,6,17H2. The molecule has 0 saturated heterocycles. The summed E-state index contributed by atoms with van der Waals surface area (Å²) in [5.74, 6) is 0.413. The van der Waals surface area contributed by atoms with E-state index in [9.17, 15) is 13.2 Å². The summed E-state index contributed by atoms with van der Waals surface area (Å²) < 4.78 is 45.1. The normalized spacial score (nSPS) is 11.8. The van der Waals surface area contributed by atoms with Gasteiger partial charge in [-0.1, -0.05) is 16.8 Å². The van der Waals surface area contributed by atoms with Crippen LogP contribution in [0.15, 0.2) is 22.7 Å². The van der Waals surface area contributed by atoms with E-state index in [1.54, 1.807) is 12.1 Å². The molecule has 114 valence electrons. The van der Waals surface area contributed by atoms with Crippen molar-refractivity contribution < 1.29 is 22.4 Å². The molecule has 0 fully saturated rings. The van der Waals surface area contributed by atoms with Crippen molar-refractivity contribution in [1.29, 1.82) is 0 Å². The van der Waals surface area contributed by atoms with Crippen molar-refractivity contribution in [3.8, 4) is 11.5 Å². The minimum atomic E-state index is -4.35. The van der Waals surface area contributed by atoms with Crippen LogP contribution < -0.4 is 5.73 Å². The largest absolute Gasteiger partial charge is 0.411 e. The number of ether oxygens (including phenoxy) is 1. The van der Waals surface area contributed by atoms with E-state index in [0.29, 0.717) is 16.3 Å². The van der Waals surface area contributed by atoms with Crippen LogP contribution in [0.25, 0.3) is 11.5 Å². The lowest BCUT2D eigenvalue weighted by Gasteiger charge is -2.05. The quantitative estimate of drug-likeness (QED) is 0.676. The second-order valence-electron chi connectivity index (χ2n) is 4.17. The van der Waals surface area contributed by atoms with Crippen molar-refractivity contribution in [2.45, 2.75) is 12.6 Å². The molecule has 1 aromatic heterocycles. The SMILES string of the molecule is Nc1cc(Cl)ccc1-c1nc(CCOCC(F)(F)F)no1. The maximum Gasteiger partial charge on any atom is 0.411 e. The van der Waals surface area contributed by atoms with E-state index in [4.69, 9.17) is 21.9 Å². The first-order chi connectivity index (χ1) is 9.85. The third-order valence-corrected chi connectivity index (χ3v) is 2.68. The third-order valence-electron chi connectivity index (χ3n) is 2.45. The highest BCUT2D eigenvalue weighted by molar-refractivity contribution is 6.31. The first kappa shape index (κ1) is 15.6. The molecule has 0 atom stereocenters. The molecule has 1 aromatic carbocycles. The number of nitrogen functional groups attached to an aromatic ring is 1. The summed E-state index contributed by atoms with van der Waals surface area (Å²) in [7, 11) is 0. The van der Waals surface area contributed by atoms with E-state index >= 15 is 0 Å². The van der Waals surface area contributed by atoms with Crippen LogP contribution in [0.4, 0.5) is 18.9 Å². The van der Waals surface area contributed by atoms with Crippen LogP contribution in [0.2, 0.25) is 5.02 Å². The summed E-state index contributed by atoms with van der Waals surface area (Å²) in [4.78, 5) is 4.04. The first-order valence-electron chi connectivity index (χ1n) is 5.87. The van der Waals surface area contributed by atoms with E-state index in [-0.39, 0.29) is 24.7 Å². The van der Waals surface area contributed by atoms with Gasteiger partial charge < -0.3 is 15.0 Å². The van der Waals surface area contributed by atoms with E-state index in [1.165, 1.54) is 6.07 Å². The second-order valence-corrected chi connectivity index (χ2v) is 4.60. The average Bonchev–Trinajstić information content (AvgIpc) is 2.82. The number of hydrogen-bond acceptors (Lipinski definition) is 5. The van der Waals surface area contributed by atoms with Gasteiger partial charge in [-0.2, -0.15) is 18.2 Å². The zero-order valence-electron chi connectivity index (χ0n) is 10.7.